The van der Waals surface area contributed by atoms with Gasteiger partial charge in [-0.2, -0.15) is 5.10 Å². The third-order valence-corrected chi connectivity index (χ3v) is 8.69. The number of aromatic nitrogens is 2. The molecule has 8 nitrogen and oxygen atoms in total. The van der Waals surface area contributed by atoms with Crippen LogP contribution < -0.4 is 5.32 Å². The highest BCUT2D eigenvalue weighted by atomic mass is 35.5. The summed E-state index contributed by atoms with van der Waals surface area (Å²) in [6.07, 6.45) is 7.51. The second kappa shape index (κ2) is 12.9. The zero-order chi connectivity index (χ0) is 24.5. The predicted octanol–water partition coefficient (Wildman–Crippen LogP) is 3.28. The van der Waals surface area contributed by atoms with Crippen LogP contribution in [0.2, 0.25) is 0 Å². The number of aliphatic hydroxyl groups is 1. The molecule has 2 atom stereocenters. The van der Waals surface area contributed by atoms with Crippen molar-refractivity contribution in [2.24, 2.45) is 13.0 Å². The van der Waals surface area contributed by atoms with Gasteiger partial charge in [-0.3, -0.25) is 19.2 Å². The Labute approximate surface area is 228 Å². The molecule has 206 valence electrons. The van der Waals surface area contributed by atoms with E-state index in [1.165, 1.54) is 17.7 Å². The summed E-state index contributed by atoms with van der Waals surface area (Å²) in [4.78, 5) is 31.6. The fourth-order valence-electron chi connectivity index (χ4n) is 6.31. The monoisotopic (exact) mass is 545 g/mol. The van der Waals surface area contributed by atoms with Crippen molar-refractivity contribution < 1.29 is 14.7 Å². The minimum atomic E-state index is -0.809. The van der Waals surface area contributed by atoms with Gasteiger partial charge in [0.2, 0.25) is 11.8 Å². The van der Waals surface area contributed by atoms with E-state index in [0.717, 1.165) is 63.9 Å². The molecule has 2 saturated heterocycles. The van der Waals surface area contributed by atoms with Gasteiger partial charge in [0.25, 0.3) is 0 Å². The van der Waals surface area contributed by atoms with Crippen LogP contribution in [0.1, 0.15) is 81.7 Å². The van der Waals surface area contributed by atoms with Gasteiger partial charge in [0, 0.05) is 44.5 Å². The number of piperazine rings is 1. The van der Waals surface area contributed by atoms with E-state index in [4.69, 9.17) is 0 Å². The van der Waals surface area contributed by atoms with E-state index < -0.39 is 17.7 Å². The van der Waals surface area contributed by atoms with Crippen LogP contribution in [-0.4, -0.2) is 73.8 Å². The normalized spacial score (nSPS) is 23.7. The minimum absolute atomic E-state index is 0. The van der Waals surface area contributed by atoms with Gasteiger partial charge in [0.1, 0.15) is 11.6 Å². The Morgan fingerprint density at radius 2 is 1.75 bits per heavy atom. The molecule has 4 rings (SSSR count). The third-order valence-electron chi connectivity index (χ3n) is 8.69. The molecular formula is C26H45Cl2N5O3. The molecule has 3 fully saturated rings. The second-order valence-electron chi connectivity index (χ2n) is 10.8. The van der Waals surface area contributed by atoms with Crippen LogP contribution in [0, 0.1) is 19.8 Å². The number of nitrogens with one attached hydrogen (secondary N) is 1. The molecule has 1 spiro atoms. The number of nitrogens with zero attached hydrogens (tertiary/aromatic N) is 4. The van der Waals surface area contributed by atoms with E-state index in [9.17, 15) is 14.7 Å². The quantitative estimate of drug-likeness (QED) is 0.548. The summed E-state index contributed by atoms with van der Waals surface area (Å²) in [5, 5.41) is 18.6. The number of amides is 2. The van der Waals surface area contributed by atoms with Crippen molar-refractivity contribution in [3.05, 3.63) is 17.0 Å². The summed E-state index contributed by atoms with van der Waals surface area (Å²) in [5.41, 5.74) is 2.67. The molecule has 0 unspecified atom stereocenters. The van der Waals surface area contributed by atoms with Crippen LogP contribution >= 0.6 is 24.8 Å². The first-order valence-corrected chi connectivity index (χ1v) is 13.3. The molecule has 1 aromatic heterocycles. The van der Waals surface area contributed by atoms with Crippen molar-refractivity contribution in [2.45, 2.75) is 103 Å². The van der Waals surface area contributed by atoms with Crippen LogP contribution in [0.15, 0.2) is 0 Å². The first-order chi connectivity index (χ1) is 16.3. The fourth-order valence-corrected chi connectivity index (χ4v) is 6.31. The van der Waals surface area contributed by atoms with Gasteiger partial charge in [-0.25, -0.2) is 0 Å². The summed E-state index contributed by atoms with van der Waals surface area (Å²) in [7, 11) is 1.97. The number of piperidine rings is 1. The van der Waals surface area contributed by atoms with E-state index in [2.05, 4.69) is 29.2 Å². The smallest absolute Gasteiger partial charge is 0.248 e. The van der Waals surface area contributed by atoms with Crippen LogP contribution in [0.4, 0.5) is 0 Å². The highest BCUT2D eigenvalue weighted by Crippen LogP contribution is 2.36. The number of rotatable bonds is 7. The molecule has 0 aromatic carbocycles. The van der Waals surface area contributed by atoms with Gasteiger partial charge >= 0.3 is 0 Å². The van der Waals surface area contributed by atoms with Crippen LogP contribution in [-0.2, 0) is 23.2 Å². The Morgan fingerprint density at radius 3 is 2.31 bits per heavy atom. The molecule has 1 aliphatic carbocycles. The Morgan fingerprint density at radius 1 is 1.11 bits per heavy atom. The van der Waals surface area contributed by atoms with Crippen LogP contribution in [0.3, 0.4) is 0 Å². The van der Waals surface area contributed by atoms with Gasteiger partial charge in [-0.05, 0) is 51.9 Å². The molecule has 1 saturated carbocycles. The summed E-state index contributed by atoms with van der Waals surface area (Å²) in [6.45, 7) is 9.16. The maximum Gasteiger partial charge on any atom is 0.248 e. The largest absolute Gasteiger partial charge is 0.390 e. The van der Waals surface area contributed by atoms with Crippen molar-refractivity contribution in [3.63, 3.8) is 0 Å². The second-order valence-corrected chi connectivity index (χ2v) is 10.8. The van der Waals surface area contributed by atoms with Gasteiger partial charge < -0.3 is 15.3 Å². The summed E-state index contributed by atoms with van der Waals surface area (Å²) >= 11 is 0. The summed E-state index contributed by atoms with van der Waals surface area (Å²) in [6, 6.07) is -0.809. The van der Waals surface area contributed by atoms with E-state index in [1.54, 1.807) is 0 Å². The van der Waals surface area contributed by atoms with Crippen molar-refractivity contribution in [1.82, 2.24) is 24.9 Å². The molecule has 0 radical (unpaired) electrons. The Hall–Kier alpha value is -1.35. The van der Waals surface area contributed by atoms with E-state index in [-0.39, 0.29) is 42.5 Å². The minimum Gasteiger partial charge on any atom is -0.390 e. The van der Waals surface area contributed by atoms with Crippen molar-refractivity contribution >= 4 is 36.6 Å². The van der Waals surface area contributed by atoms with Gasteiger partial charge in [-0.15, -0.1) is 24.8 Å². The number of hydrogen-bond acceptors (Lipinski definition) is 5. The number of carbonyl (C=O) groups is 2. The molecule has 2 amide bonds. The number of aliphatic hydroxyl groups excluding tert-OH is 1. The molecular weight excluding hydrogens is 501 g/mol. The zero-order valence-corrected chi connectivity index (χ0v) is 23.9. The molecule has 1 aromatic rings. The average molecular weight is 547 g/mol. The topological polar surface area (TPSA) is 90.7 Å². The number of halogens is 2. The molecule has 3 aliphatic rings. The number of hydrogen-bond donors (Lipinski definition) is 2. The van der Waals surface area contributed by atoms with Crippen molar-refractivity contribution in [1.29, 1.82) is 0 Å². The first kappa shape index (κ1) is 30.9. The number of carbonyl (C=O) groups excluding carboxylic acids is 2. The first-order valence-electron chi connectivity index (χ1n) is 13.3. The lowest BCUT2D eigenvalue weighted by Crippen LogP contribution is -2.75. The Balaban J connectivity index is 0.00000228. The van der Waals surface area contributed by atoms with Crippen LogP contribution in [0.25, 0.3) is 0 Å². The highest BCUT2D eigenvalue weighted by molar-refractivity contribution is 6.00. The summed E-state index contributed by atoms with van der Waals surface area (Å²) in [5.74, 6) is -0.0622. The lowest BCUT2D eigenvalue weighted by atomic mass is 9.78. The lowest BCUT2D eigenvalue weighted by molar-refractivity contribution is -0.166. The molecule has 10 heteroatoms. The number of aryl methyl sites for hydroxylation is 2. The standard InChI is InChI=1S/C26H43N5O3.2ClH/c1-5-6-14-31-24(33)22(23(32)20-10-8-7-9-11-20)27-25(34)26(31)12-15-30(16-13-26)17-21-18(2)28-29(4)19(21)3;;/h20,22-23,32H,5-17H2,1-4H3,(H,27,34);2*1H/t22-,23-;;/m1../s1. The van der Waals surface area contributed by atoms with E-state index in [1.807, 2.05) is 23.6 Å². The zero-order valence-electron chi connectivity index (χ0n) is 22.3. The van der Waals surface area contributed by atoms with Crippen LogP contribution in [0.5, 0.6) is 0 Å². The molecule has 2 N–H and O–H groups in total. The highest BCUT2D eigenvalue weighted by Gasteiger charge is 2.55. The number of likely N-dealkylation sites (tertiary alicyclic amines) is 1. The van der Waals surface area contributed by atoms with Gasteiger partial charge in [-0.1, -0.05) is 32.6 Å². The van der Waals surface area contributed by atoms with Crippen molar-refractivity contribution in [2.75, 3.05) is 19.6 Å². The third kappa shape index (κ3) is 5.87. The fraction of sp³-hybridized carbons (Fsp3) is 0.808. The Bertz CT molecular complexity index is 894. The SMILES string of the molecule is CCCCN1C(=O)[C@@H]([C@H](O)C2CCCCC2)NC(=O)C12CCN(Cc1c(C)nn(C)c1C)CC2.Cl.Cl. The molecule has 2 aliphatic heterocycles. The summed E-state index contributed by atoms with van der Waals surface area (Å²) < 4.78 is 1.92. The Kier molecular flexibility index (Phi) is 11.1. The van der Waals surface area contributed by atoms with Crippen molar-refractivity contribution in [3.8, 4) is 0 Å². The maximum absolute atomic E-state index is 13.7. The molecule has 0 bridgehead atoms. The average Bonchev–Trinajstić information content (AvgIpc) is 3.08. The van der Waals surface area contributed by atoms with E-state index >= 15 is 0 Å². The van der Waals surface area contributed by atoms with Gasteiger partial charge in [0.15, 0.2) is 0 Å². The number of unbranched alkanes of at least 4 members (excludes halogenated alkanes) is 1. The maximum atomic E-state index is 13.7. The van der Waals surface area contributed by atoms with Gasteiger partial charge in [0.05, 0.1) is 11.8 Å². The molecule has 3 heterocycles. The predicted molar refractivity (Wildman–Crippen MR) is 146 cm³/mol. The lowest BCUT2D eigenvalue weighted by Gasteiger charge is -2.52. The molecule has 36 heavy (non-hydrogen) atoms. The van der Waals surface area contributed by atoms with E-state index in [0.29, 0.717) is 19.4 Å².